The van der Waals surface area contributed by atoms with Gasteiger partial charge in [0.15, 0.2) is 10.8 Å². The van der Waals surface area contributed by atoms with Gasteiger partial charge in [-0.1, -0.05) is 13.8 Å². The number of hydrogen-bond donors (Lipinski definition) is 0. The number of nitrogens with zero attached hydrogens (tertiary/aromatic N) is 2. The normalized spacial score (nSPS) is 19.0. The van der Waals surface area contributed by atoms with Crippen LogP contribution in [-0.2, 0) is 4.74 Å². The molecular weight excluding hydrogens is 260 g/mol. The third kappa shape index (κ3) is 3.69. The molecule has 0 atom stereocenters. The smallest absolute Gasteiger partial charge is 0.357 e. The first-order valence-electron chi connectivity index (χ1n) is 6.89. The van der Waals surface area contributed by atoms with Gasteiger partial charge in [-0.2, -0.15) is 0 Å². The first-order chi connectivity index (χ1) is 9.02. The lowest BCUT2D eigenvalue weighted by Gasteiger charge is -2.22. The van der Waals surface area contributed by atoms with Crippen LogP contribution in [0.4, 0.5) is 5.13 Å². The second kappa shape index (κ2) is 5.90. The Hall–Kier alpha value is -1.10. The van der Waals surface area contributed by atoms with E-state index in [1.54, 1.807) is 5.38 Å². The number of thiazole rings is 1. The van der Waals surface area contributed by atoms with Crippen molar-refractivity contribution >= 4 is 22.4 Å². The molecule has 0 spiro atoms. The van der Waals surface area contributed by atoms with Crippen molar-refractivity contribution in [1.29, 1.82) is 0 Å². The number of carbonyl (C=O) groups is 1. The molecule has 0 amide bonds. The summed E-state index contributed by atoms with van der Waals surface area (Å²) >= 11 is 1.53. The monoisotopic (exact) mass is 282 g/mol. The molecule has 0 aromatic carbocycles. The SMILES string of the molecule is CCOC(=O)c1csc(N2CCCC(C)(C)CC2)n1. The van der Waals surface area contributed by atoms with Gasteiger partial charge in [-0.15, -0.1) is 11.3 Å². The summed E-state index contributed by atoms with van der Waals surface area (Å²) in [4.78, 5) is 18.3. The minimum Gasteiger partial charge on any atom is -0.461 e. The Balaban J connectivity index is 2.04. The third-order valence-electron chi connectivity index (χ3n) is 3.59. The van der Waals surface area contributed by atoms with E-state index < -0.39 is 0 Å². The van der Waals surface area contributed by atoms with E-state index in [4.69, 9.17) is 4.74 Å². The first-order valence-corrected chi connectivity index (χ1v) is 7.77. The molecule has 0 N–H and O–H groups in total. The Bertz CT molecular complexity index is 442. The van der Waals surface area contributed by atoms with Crippen molar-refractivity contribution in [3.63, 3.8) is 0 Å². The summed E-state index contributed by atoms with van der Waals surface area (Å²) in [5, 5.41) is 2.74. The quantitative estimate of drug-likeness (QED) is 0.797. The van der Waals surface area contributed by atoms with Gasteiger partial charge in [0.1, 0.15) is 0 Å². The molecule has 1 fully saturated rings. The Morgan fingerprint density at radius 2 is 2.26 bits per heavy atom. The predicted molar refractivity (Wildman–Crippen MR) is 77.9 cm³/mol. The summed E-state index contributed by atoms with van der Waals surface area (Å²) in [6, 6.07) is 0. The van der Waals surface area contributed by atoms with Gasteiger partial charge in [-0.3, -0.25) is 0 Å². The molecule has 1 aliphatic heterocycles. The van der Waals surface area contributed by atoms with E-state index in [-0.39, 0.29) is 5.97 Å². The average Bonchev–Trinajstić information content (AvgIpc) is 2.76. The van der Waals surface area contributed by atoms with Crippen LogP contribution in [0.1, 0.15) is 50.5 Å². The number of aromatic nitrogens is 1. The topological polar surface area (TPSA) is 42.4 Å². The molecule has 1 aromatic heterocycles. The minimum atomic E-state index is -0.319. The number of rotatable bonds is 3. The van der Waals surface area contributed by atoms with Gasteiger partial charge in [-0.25, -0.2) is 9.78 Å². The second-order valence-corrected chi connectivity index (χ2v) is 6.58. The number of ether oxygens (including phenoxy) is 1. The largest absolute Gasteiger partial charge is 0.461 e. The van der Waals surface area contributed by atoms with Crippen LogP contribution in [0.25, 0.3) is 0 Å². The van der Waals surface area contributed by atoms with Crippen LogP contribution >= 0.6 is 11.3 Å². The highest BCUT2D eigenvalue weighted by molar-refractivity contribution is 7.13. The highest BCUT2D eigenvalue weighted by atomic mass is 32.1. The van der Waals surface area contributed by atoms with Crippen LogP contribution in [0.15, 0.2) is 5.38 Å². The van der Waals surface area contributed by atoms with E-state index >= 15 is 0 Å². The van der Waals surface area contributed by atoms with Crippen LogP contribution in [-0.4, -0.2) is 30.6 Å². The molecule has 0 bridgehead atoms. The molecule has 1 aromatic rings. The summed E-state index contributed by atoms with van der Waals surface area (Å²) in [7, 11) is 0. The maximum absolute atomic E-state index is 11.6. The summed E-state index contributed by atoms with van der Waals surface area (Å²) in [6.07, 6.45) is 3.60. The molecule has 1 aliphatic rings. The Morgan fingerprint density at radius 3 is 3.00 bits per heavy atom. The van der Waals surface area contributed by atoms with E-state index in [0.717, 1.165) is 18.2 Å². The number of anilines is 1. The van der Waals surface area contributed by atoms with Gasteiger partial charge < -0.3 is 9.64 Å². The molecule has 2 rings (SSSR count). The van der Waals surface area contributed by atoms with Crippen molar-refractivity contribution in [3.8, 4) is 0 Å². The van der Waals surface area contributed by atoms with Crippen molar-refractivity contribution in [3.05, 3.63) is 11.1 Å². The van der Waals surface area contributed by atoms with Crippen molar-refractivity contribution in [2.75, 3.05) is 24.6 Å². The number of esters is 1. The predicted octanol–water partition coefficient (Wildman–Crippen LogP) is 3.34. The van der Waals surface area contributed by atoms with Gasteiger partial charge in [0.2, 0.25) is 0 Å². The lowest BCUT2D eigenvalue weighted by atomic mass is 9.85. The van der Waals surface area contributed by atoms with Crippen LogP contribution < -0.4 is 4.90 Å². The van der Waals surface area contributed by atoms with Crippen molar-refractivity contribution in [2.24, 2.45) is 5.41 Å². The van der Waals surface area contributed by atoms with E-state index in [0.29, 0.717) is 17.7 Å². The van der Waals surface area contributed by atoms with Crippen LogP contribution in [0.2, 0.25) is 0 Å². The van der Waals surface area contributed by atoms with Crippen LogP contribution in [0.3, 0.4) is 0 Å². The summed E-state index contributed by atoms with van der Waals surface area (Å²) in [5.74, 6) is -0.319. The van der Waals surface area contributed by atoms with Crippen LogP contribution in [0, 0.1) is 5.41 Å². The Morgan fingerprint density at radius 1 is 1.47 bits per heavy atom. The lowest BCUT2D eigenvalue weighted by molar-refractivity contribution is 0.0520. The van der Waals surface area contributed by atoms with Gasteiger partial charge >= 0.3 is 5.97 Å². The highest BCUT2D eigenvalue weighted by Crippen LogP contribution is 2.32. The van der Waals surface area contributed by atoms with Crippen molar-refractivity contribution < 1.29 is 9.53 Å². The molecule has 0 saturated carbocycles. The minimum absolute atomic E-state index is 0.319. The van der Waals surface area contributed by atoms with Crippen molar-refractivity contribution in [2.45, 2.75) is 40.0 Å². The molecule has 4 nitrogen and oxygen atoms in total. The molecule has 19 heavy (non-hydrogen) atoms. The van der Waals surface area contributed by atoms with Gasteiger partial charge in [0.05, 0.1) is 6.61 Å². The second-order valence-electron chi connectivity index (χ2n) is 5.74. The number of carbonyl (C=O) groups excluding carboxylic acids is 1. The van der Waals surface area contributed by atoms with E-state index in [2.05, 4.69) is 23.7 Å². The maximum Gasteiger partial charge on any atom is 0.357 e. The maximum atomic E-state index is 11.6. The molecule has 5 heteroatoms. The zero-order valence-corrected chi connectivity index (χ0v) is 12.8. The zero-order chi connectivity index (χ0) is 13.9. The summed E-state index contributed by atoms with van der Waals surface area (Å²) in [6.45, 7) is 8.89. The van der Waals surface area contributed by atoms with E-state index in [1.807, 2.05) is 6.92 Å². The summed E-state index contributed by atoms with van der Waals surface area (Å²) < 4.78 is 4.97. The number of hydrogen-bond acceptors (Lipinski definition) is 5. The van der Waals surface area contributed by atoms with Gasteiger partial charge in [0.25, 0.3) is 0 Å². The highest BCUT2D eigenvalue weighted by Gasteiger charge is 2.24. The molecule has 0 radical (unpaired) electrons. The molecule has 2 heterocycles. The standard InChI is InChI=1S/C14H22N2O2S/c1-4-18-12(17)11-10-19-13(15-11)16-8-5-6-14(2,3)7-9-16/h10H,4-9H2,1-3H3. The molecule has 1 saturated heterocycles. The fourth-order valence-corrected chi connectivity index (χ4v) is 3.17. The van der Waals surface area contributed by atoms with Crippen LogP contribution in [0.5, 0.6) is 0 Å². The molecule has 106 valence electrons. The molecular formula is C14H22N2O2S. The summed E-state index contributed by atoms with van der Waals surface area (Å²) in [5.41, 5.74) is 0.848. The van der Waals surface area contributed by atoms with Gasteiger partial charge in [0, 0.05) is 18.5 Å². The Labute approximate surface area is 118 Å². The van der Waals surface area contributed by atoms with Crippen molar-refractivity contribution in [1.82, 2.24) is 4.98 Å². The fourth-order valence-electron chi connectivity index (χ4n) is 2.32. The van der Waals surface area contributed by atoms with Gasteiger partial charge in [-0.05, 0) is 31.6 Å². The molecule has 0 aliphatic carbocycles. The average molecular weight is 282 g/mol. The fraction of sp³-hybridized carbons (Fsp3) is 0.714. The zero-order valence-electron chi connectivity index (χ0n) is 11.9. The Kier molecular flexibility index (Phi) is 4.45. The molecule has 0 unspecified atom stereocenters. The lowest BCUT2D eigenvalue weighted by Crippen LogP contribution is -2.25. The third-order valence-corrected chi connectivity index (χ3v) is 4.49. The van der Waals surface area contributed by atoms with E-state index in [9.17, 15) is 4.79 Å². The first kappa shape index (κ1) is 14.3. The van der Waals surface area contributed by atoms with E-state index in [1.165, 1.54) is 30.6 Å².